The molecular formula is C16H11NO5. The van der Waals surface area contributed by atoms with Crippen LogP contribution in [0.15, 0.2) is 46.9 Å². The first-order valence-electron chi connectivity index (χ1n) is 6.90. The normalized spacial score (nSPS) is 20.2. The fourth-order valence-electron chi connectivity index (χ4n) is 2.63. The van der Waals surface area contributed by atoms with Crippen molar-refractivity contribution in [3.8, 4) is 5.75 Å². The molecule has 0 aliphatic heterocycles. The first-order valence-corrected chi connectivity index (χ1v) is 6.90. The number of esters is 1. The summed E-state index contributed by atoms with van der Waals surface area (Å²) in [5.74, 6) is -0.807. The van der Waals surface area contributed by atoms with E-state index in [1.807, 2.05) is 24.3 Å². The van der Waals surface area contributed by atoms with Gasteiger partial charge in [0.2, 0.25) is 6.04 Å². The molecule has 0 radical (unpaired) electrons. The molecule has 4 rings (SSSR count). The molecular weight excluding hydrogens is 286 g/mol. The number of carbonyl (C=O) groups excluding carboxylic acids is 1. The van der Waals surface area contributed by atoms with Crippen LogP contribution < -0.4 is 4.74 Å². The number of benzene rings is 2. The van der Waals surface area contributed by atoms with E-state index in [1.165, 1.54) is 0 Å². The lowest BCUT2D eigenvalue weighted by Gasteiger charge is -2.02. The Balaban J connectivity index is 1.64. The summed E-state index contributed by atoms with van der Waals surface area (Å²) in [7, 11) is 0. The van der Waals surface area contributed by atoms with Gasteiger partial charge in [-0.25, -0.2) is 0 Å². The largest absolute Gasteiger partial charge is 0.456 e. The smallest absolute Gasteiger partial charge is 0.321 e. The molecule has 0 amide bonds. The molecule has 0 spiro atoms. The maximum absolute atomic E-state index is 11.9. The Morgan fingerprint density at radius 2 is 1.95 bits per heavy atom. The summed E-state index contributed by atoms with van der Waals surface area (Å²) in [6.45, 7) is 0. The first-order chi connectivity index (χ1) is 10.6. The number of nitro groups is 1. The van der Waals surface area contributed by atoms with E-state index in [9.17, 15) is 14.9 Å². The zero-order valence-corrected chi connectivity index (χ0v) is 11.4. The van der Waals surface area contributed by atoms with E-state index in [0.29, 0.717) is 11.3 Å². The van der Waals surface area contributed by atoms with Crippen molar-refractivity contribution in [3.63, 3.8) is 0 Å². The van der Waals surface area contributed by atoms with Gasteiger partial charge in [-0.05, 0) is 24.3 Å². The summed E-state index contributed by atoms with van der Waals surface area (Å²) in [4.78, 5) is 22.0. The summed E-state index contributed by atoms with van der Waals surface area (Å²) in [6, 6.07) is 11.9. The maximum atomic E-state index is 11.9. The van der Waals surface area contributed by atoms with Crippen LogP contribution in [0.1, 0.15) is 6.42 Å². The second kappa shape index (κ2) is 4.56. The minimum atomic E-state index is -0.800. The number of rotatable bonds is 3. The van der Waals surface area contributed by atoms with Crippen molar-refractivity contribution in [3.05, 3.63) is 52.6 Å². The van der Waals surface area contributed by atoms with E-state index in [-0.39, 0.29) is 6.42 Å². The molecule has 1 aromatic heterocycles. The summed E-state index contributed by atoms with van der Waals surface area (Å²) < 4.78 is 11.0. The van der Waals surface area contributed by atoms with Crippen LogP contribution in [-0.4, -0.2) is 16.9 Å². The van der Waals surface area contributed by atoms with Crippen molar-refractivity contribution >= 4 is 27.9 Å². The third kappa shape index (κ3) is 2.00. The highest BCUT2D eigenvalue weighted by Gasteiger charge is 2.54. The molecule has 1 saturated carbocycles. The van der Waals surface area contributed by atoms with Crippen molar-refractivity contribution in [2.45, 2.75) is 12.5 Å². The van der Waals surface area contributed by atoms with Crippen LogP contribution in [0.3, 0.4) is 0 Å². The quantitative estimate of drug-likeness (QED) is 0.321. The average molecular weight is 297 g/mol. The number of fused-ring (bicyclic) bond motifs is 3. The number of para-hydroxylation sites is 1. The first kappa shape index (κ1) is 12.8. The highest BCUT2D eigenvalue weighted by molar-refractivity contribution is 6.05. The van der Waals surface area contributed by atoms with Crippen molar-refractivity contribution in [2.24, 2.45) is 5.92 Å². The van der Waals surface area contributed by atoms with Gasteiger partial charge < -0.3 is 9.15 Å². The van der Waals surface area contributed by atoms with E-state index in [2.05, 4.69) is 0 Å². The molecule has 1 heterocycles. The van der Waals surface area contributed by atoms with Gasteiger partial charge in [0.25, 0.3) is 0 Å². The topological polar surface area (TPSA) is 82.6 Å². The van der Waals surface area contributed by atoms with Crippen LogP contribution in [0.25, 0.3) is 21.9 Å². The van der Waals surface area contributed by atoms with E-state index in [0.717, 1.165) is 16.4 Å². The molecule has 6 nitrogen and oxygen atoms in total. The monoisotopic (exact) mass is 297 g/mol. The fraction of sp³-hybridized carbons (Fsp3) is 0.188. The summed E-state index contributed by atoms with van der Waals surface area (Å²) in [5, 5.41) is 12.4. The van der Waals surface area contributed by atoms with Crippen LogP contribution in [0.2, 0.25) is 0 Å². The Morgan fingerprint density at radius 3 is 2.73 bits per heavy atom. The average Bonchev–Trinajstić information content (AvgIpc) is 3.23. The third-order valence-electron chi connectivity index (χ3n) is 3.90. The fourth-order valence-corrected chi connectivity index (χ4v) is 2.63. The van der Waals surface area contributed by atoms with Gasteiger partial charge in [-0.15, -0.1) is 0 Å². The lowest BCUT2D eigenvalue weighted by molar-refractivity contribution is -0.497. The van der Waals surface area contributed by atoms with Gasteiger partial charge in [0.1, 0.15) is 22.8 Å². The number of hydrogen-bond acceptors (Lipinski definition) is 5. The molecule has 1 aliphatic carbocycles. The highest BCUT2D eigenvalue weighted by atomic mass is 16.6. The van der Waals surface area contributed by atoms with Gasteiger partial charge in [-0.1, -0.05) is 18.2 Å². The van der Waals surface area contributed by atoms with Crippen molar-refractivity contribution < 1.29 is 18.9 Å². The highest BCUT2D eigenvalue weighted by Crippen LogP contribution is 2.36. The number of nitrogens with zero attached hydrogens (tertiary/aromatic N) is 1. The van der Waals surface area contributed by atoms with Crippen molar-refractivity contribution in [1.29, 1.82) is 0 Å². The van der Waals surface area contributed by atoms with Crippen LogP contribution >= 0.6 is 0 Å². The molecule has 22 heavy (non-hydrogen) atoms. The zero-order valence-electron chi connectivity index (χ0n) is 11.4. The molecule has 2 atom stereocenters. The molecule has 2 aromatic carbocycles. The number of hydrogen-bond donors (Lipinski definition) is 0. The minimum absolute atomic E-state index is 0.253. The Morgan fingerprint density at radius 1 is 1.18 bits per heavy atom. The molecule has 6 heteroatoms. The molecule has 110 valence electrons. The van der Waals surface area contributed by atoms with Gasteiger partial charge in [0.05, 0.1) is 0 Å². The number of furan rings is 1. The van der Waals surface area contributed by atoms with Gasteiger partial charge in [-0.2, -0.15) is 0 Å². The molecule has 1 aliphatic rings. The van der Waals surface area contributed by atoms with E-state index < -0.39 is 22.9 Å². The van der Waals surface area contributed by atoms with E-state index in [4.69, 9.17) is 9.15 Å². The summed E-state index contributed by atoms with van der Waals surface area (Å²) in [5.41, 5.74) is 1.46. The lowest BCUT2D eigenvalue weighted by atomic mass is 10.1. The van der Waals surface area contributed by atoms with Crippen LogP contribution in [-0.2, 0) is 4.79 Å². The maximum Gasteiger partial charge on any atom is 0.321 e. The molecule has 0 bridgehead atoms. The SMILES string of the molecule is O=C(Oc1ccc2oc3ccccc3c2c1)[C@@H]1C[C@H]1[N+](=O)[O-]. The van der Waals surface area contributed by atoms with Gasteiger partial charge in [-0.3, -0.25) is 14.9 Å². The second-order valence-corrected chi connectivity index (χ2v) is 5.37. The minimum Gasteiger partial charge on any atom is -0.456 e. The zero-order chi connectivity index (χ0) is 15.3. The standard InChI is InChI=1S/C16H11NO5/c18-16(12-8-13(12)17(19)20)21-9-5-6-15-11(7-9)10-3-1-2-4-14(10)22-15/h1-7,12-13H,8H2/t12-,13-/m1/s1. The number of ether oxygens (including phenoxy) is 1. The van der Waals surface area contributed by atoms with Crippen LogP contribution in [0.4, 0.5) is 0 Å². The van der Waals surface area contributed by atoms with Gasteiger partial charge in [0.15, 0.2) is 0 Å². The Labute approximate surface area is 124 Å². The van der Waals surface area contributed by atoms with Crippen LogP contribution in [0.5, 0.6) is 5.75 Å². The predicted molar refractivity (Wildman–Crippen MR) is 78.2 cm³/mol. The molecule has 3 aromatic rings. The summed E-state index contributed by atoms with van der Waals surface area (Å²) in [6.07, 6.45) is 0.253. The third-order valence-corrected chi connectivity index (χ3v) is 3.90. The van der Waals surface area contributed by atoms with Crippen LogP contribution in [0, 0.1) is 16.0 Å². The van der Waals surface area contributed by atoms with Crippen molar-refractivity contribution in [2.75, 3.05) is 0 Å². The van der Waals surface area contributed by atoms with Gasteiger partial charge in [0, 0.05) is 22.1 Å². The Kier molecular flexibility index (Phi) is 2.66. The lowest BCUT2D eigenvalue weighted by Crippen LogP contribution is -2.16. The number of carbonyl (C=O) groups is 1. The van der Waals surface area contributed by atoms with E-state index in [1.54, 1.807) is 18.2 Å². The van der Waals surface area contributed by atoms with E-state index >= 15 is 0 Å². The summed E-state index contributed by atoms with van der Waals surface area (Å²) >= 11 is 0. The second-order valence-electron chi connectivity index (χ2n) is 5.37. The van der Waals surface area contributed by atoms with Gasteiger partial charge >= 0.3 is 5.97 Å². The Hall–Kier alpha value is -2.89. The predicted octanol–water partition coefficient (Wildman–Crippen LogP) is 3.16. The van der Waals surface area contributed by atoms with Crippen molar-refractivity contribution in [1.82, 2.24) is 0 Å². The molecule has 0 unspecified atom stereocenters. The molecule has 0 saturated heterocycles. The molecule has 0 N–H and O–H groups in total. The Bertz CT molecular complexity index is 913. The molecule has 1 fully saturated rings.